The van der Waals surface area contributed by atoms with Crippen LogP contribution in [0.1, 0.15) is 60.7 Å². The summed E-state index contributed by atoms with van der Waals surface area (Å²) in [6, 6.07) is 5.18. The Balaban J connectivity index is 1.31. The van der Waals surface area contributed by atoms with Crippen LogP contribution in [0.4, 0.5) is 5.82 Å². The highest BCUT2D eigenvalue weighted by Gasteiger charge is 2.30. The molecule has 0 spiro atoms. The van der Waals surface area contributed by atoms with E-state index in [9.17, 15) is 0 Å². The van der Waals surface area contributed by atoms with Crippen molar-refractivity contribution < 1.29 is 0 Å². The van der Waals surface area contributed by atoms with Gasteiger partial charge in [-0.2, -0.15) is 0 Å². The second kappa shape index (κ2) is 8.36. The molecule has 1 saturated heterocycles. The second-order valence-corrected chi connectivity index (χ2v) is 8.85. The van der Waals surface area contributed by atoms with E-state index >= 15 is 0 Å². The largest absolute Gasteiger partial charge is 0.356 e. The van der Waals surface area contributed by atoms with Crippen LogP contribution < -0.4 is 10.2 Å². The maximum absolute atomic E-state index is 4.74. The highest BCUT2D eigenvalue weighted by molar-refractivity contribution is 5.50. The first-order valence-electron chi connectivity index (χ1n) is 11.2. The van der Waals surface area contributed by atoms with Gasteiger partial charge in [0.05, 0.1) is 17.4 Å². The summed E-state index contributed by atoms with van der Waals surface area (Å²) in [5.74, 6) is 1.19. The number of anilines is 1. The van der Waals surface area contributed by atoms with Gasteiger partial charge in [0.1, 0.15) is 12.1 Å². The molecule has 2 aliphatic heterocycles. The van der Waals surface area contributed by atoms with Crippen LogP contribution in [0.25, 0.3) is 0 Å². The van der Waals surface area contributed by atoms with E-state index in [0.29, 0.717) is 12.1 Å². The molecule has 1 aliphatic carbocycles. The van der Waals surface area contributed by atoms with Gasteiger partial charge in [-0.1, -0.05) is 6.07 Å². The predicted molar refractivity (Wildman–Crippen MR) is 115 cm³/mol. The van der Waals surface area contributed by atoms with Crippen molar-refractivity contribution in [3.63, 3.8) is 0 Å². The summed E-state index contributed by atoms with van der Waals surface area (Å²) < 4.78 is 0. The first-order valence-corrected chi connectivity index (χ1v) is 11.2. The van der Waals surface area contributed by atoms with Gasteiger partial charge < -0.3 is 10.2 Å². The fraction of sp³-hybridized carbons (Fsp3) is 0.609. The lowest BCUT2D eigenvalue weighted by Crippen LogP contribution is -2.46. The molecule has 0 radical (unpaired) electrons. The van der Waals surface area contributed by atoms with Gasteiger partial charge >= 0.3 is 0 Å². The van der Waals surface area contributed by atoms with Gasteiger partial charge in [0.15, 0.2) is 0 Å². The predicted octanol–water partition coefficient (Wildman–Crippen LogP) is 2.89. The van der Waals surface area contributed by atoms with Crippen molar-refractivity contribution in [3.05, 3.63) is 47.2 Å². The third-order valence-electron chi connectivity index (χ3n) is 6.88. The van der Waals surface area contributed by atoms with Crippen molar-refractivity contribution in [2.45, 2.75) is 63.6 Å². The van der Waals surface area contributed by atoms with Gasteiger partial charge in [-0.25, -0.2) is 9.97 Å². The number of fused-ring (bicyclic) bond motifs is 2. The summed E-state index contributed by atoms with van der Waals surface area (Å²) in [4.78, 5) is 19.0. The average Bonchev–Trinajstić information content (AvgIpc) is 2.79. The van der Waals surface area contributed by atoms with Crippen molar-refractivity contribution >= 4 is 5.82 Å². The zero-order chi connectivity index (χ0) is 19.6. The molecule has 2 aromatic rings. The molecule has 3 aliphatic rings. The lowest BCUT2D eigenvalue weighted by atomic mass is 9.90. The van der Waals surface area contributed by atoms with Crippen molar-refractivity contribution in [2.24, 2.45) is 0 Å². The van der Waals surface area contributed by atoms with Crippen LogP contribution in [-0.2, 0) is 19.4 Å². The smallest absolute Gasteiger partial charge is 0.135 e. The molecule has 6 nitrogen and oxygen atoms in total. The Morgan fingerprint density at radius 2 is 2.03 bits per heavy atom. The fourth-order valence-corrected chi connectivity index (χ4v) is 5.36. The lowest BCUT2D eigenvalue weighted by molar-refractivity contribution is 0.190. The SMILES string of the molecule is CN(C[C@H]1Cc2c(ncnc2N2CCCCC2)CN1)[C@H]1CCCc2cccnc21. The van der Waals surface area contributed by atoms with E-state index in [2.05, 4.69) is 39.3 Å². The Labute approximate surface area is 173 Å². The summed E-state index contributed by atoms with van der Waals surface area (Å²) in [5.41, 5.74) is 5.27. The Bertz CT molecular complexity index is 847. The second-order valence-electron chi connectivity index (χ2n) is 8.85. The summed E-state index contributed by atoms with van der Waals surface area (Å²) >= 11 is 0. The number of pyridine rings is 1. The van der Waals surface area contributed by atoms with E-state index in [1.54, 1.807) is 6.33 Å². The van der Waals surface area contributed by atoms with Crippen LogP contribution in [0, 0.1) is 0 Å². The standard InChI is InChI=1S/C23H32N6/c1-28(21-9-5-7-17-8-6-10-24-22(17)21)15-18-13-19-20(14-25-18)26-16-27-23(19)29-11-3-2-4-12-29/h6,8,10,16,18,21,25H,2-5,7,9,11-15H2,1H3/t18-,21+/m1/s1. The van der Waals surface area contributed by atoms with Gasteiger partial charge in [0.2, 0.25) is 0 Å². The van der Waals surface area contributed by atoms with Crippen LogP contribution in [0.5, 0.6) is 0 Å². The molecule has 5 rings (SSSR count). The maximum Gasteiger partial charge on any atom is 0.135 e. The third-order valence-corrected chi connectivity index (χ3v) is 6.88. The van der Waals surface area contributed by atoms with Crippen LogP contribution in [-0.4, -0.2) is 52.6 Å². The zero-order valence-electron chi connectivity index (χ0n) is 17.5. The van der Waals surface area contributed by atoms with Crippen LogP contribution in [0.2, 0.25) is 0 Å². The van der Waals surface area contributed by atoms with Gasteiger partial charge in [-0.05, 0) is 63.6 Å². The van der Waals surface area contributed by atoms with E-state index in [1.807, 2.05) is 6.20 Å². The molecule has 0 bridgehead atoms. The molecule has 2 aromatic heterocycles. The van der Waals surface area contributed by atoms with Crippen molar-refractivity contribution in [3.8, 4) is 0 Å². The fourth-order valence-electron chi connectivity index (χ4n) is 5.36. The molecule has 29 heavy (non-hydrogen) atoms. The first kappa shape index (κ1) is 18.9. The topological polar surface area (TPSA) is 57.2 Å². The van der Waals surface area contributed by atoms with Gasteiger partial charge in [0.25, 0.3) is 0 Å². The molecule has 2 atom stereocenters. The number of nitrogens with one attached hydrogen (secondary N) is 1. The zero-order valence-corrected chi connectivity index (χ0v) is 17.5. The third kappa shape index (κ3) is 3.88. The molecule has 6 heteroatoms. The minimum atomic E-state index is 0.427. The van der Waals surface area contributed by atoms with Crippen molar-refractivity contribution in [1.82, 2.24) is 25.2 Å². The summed E-state index contributed by atoms with van der Waals surface area (Å²) in [6.45, 7) is 4.13. The number of aromatic nitrogens is 3. The van der Waals surface area contributed by atoms with Gasteiger partial charge in [0, 0.05) is 44.0 Å². The molecule has 0 saturated carbocycles. The molecule has 0 aromatic carbocycles. The molecule has 0 amide bonds. The quantitative estimate of drug-likeness (QED) is 0.863. The Hall–Kier alpha value is -2.05. The molecule has 1 N–H and O–H groups in total. The Morgan fingerprint density at radius 3 is 2.93 bits per heavy atom. The normalized spacial score (nSPS) is 24.3. The van der Waals surface area contributed by atoms with Crippen LogP contribution in [0.3, 0.4) is 0 Å². The monoisotopic (exact) mass is 392 g/mol. The highest BCUT2D eigenvalue weighted by Crippen LogP contribution is 2.33. The van der Waals surface area contributed by atoms with E-state index in [0.717, 1.165) is 32.6 Å². The highest BCUT2D eigenvalue weighted by atomic mass is 15.2. The molecular weight excluding hydrogens is 360 g/mol. The molecule has 0 unspecified atom stereocenters. The number of rotatable bonds is 4. The van der Waals surface area contributed by atoms with Crippen molar-refractivity contribution in [1.29, 1.82) is 0 Å². The summed E-state index contributed by atoms with van der Waals surface area (Å²) in [7, 11) is 2.26. The van der Waals surface area contributed by atoms with E-state index < -0.39 is 0 Å². The minimum Gasteiger partial charge on any atom is -0.356 e. The van der Waals surface area contributed by atoms with Crippen molar-refractivity contribution in [2.75, 3.05) is 31.6 Å². The molecule has 1 fully saturated rings. The van der Waals surface area contributed by atoms with Crippen LogP contribution >= 0.6 is 0 Å². The number of hydrogen-bond acceptors (Lipinski definition) is 6. The van der Waals surface area contributed by atoms with Gasteiger partial charge in [-0.3, -0.25) is 9.88 Å². The summed E-state index contributed by atoms with van der Waals surface area (Å²) in [5, 5.41) is 3.73. The van der Waals surface area contributed by atoms with Crippen LogP contribution in [0.15, 0.2) is 24.7 Å². The maximum atomic E-state index is 4.74. The van der Waals surface area contributed by atoms with E-state index in [1.165, 1.54) is 66.9 Å². The van der Waals surface area contributed by atoms with E-state index in [4.69, 9.17) is 9.97 Å². The molecular formula is C23H32N6. The Morgan fingerprint density at radius 1 is 1.14 bits per heavy atom. The first-order chi connectivity index (χ1) is 14.3. The Kier molecular flexibility index (Phi) is 5.46. The summed E-state index contributed by atoms with van der Waals surface area (Å²) in [6.07, 6.45) is 12.2. The number of piperidine rings is 1. The number of likely N-dealkylation sites (N-methyl/N-ethyl adjacent to an activating group) is 1. The lowest BCUT2D eigenvalue weighted by Gasteiger charge is -2.37. The molecule has 4 heterocycles. The number of nitrogens with zero attached hydrogens (tertiary/aromatic N) is 5. The average molecular weight is 393 g/mol. The minimum absolute atomic E-state index is 0.427. The van der Waals surface area contributed by atoms with Gasteiger partial charge in [-0.15, -0.1) is 0 Å². The molecule has 154 valence electrons. The van der Waals surface area contributed by atoms with E-state index in [-0.39, 0.29) is 0 Å². The number of hydrogen-bond donors (Lipinski definition) is 1. The number of aryl methyl sites for hydroxylation is 1.